The van der Waals surface area contributed by atoms with Crippen molar-refractivity contribution < 1.29 is 4.74 Å². The Balaban J connectivity index is 2.24. The summed E-state index contributed by atoms with van der Waals surface area (Å²) in [6.45, 7) is 2.18. The van der Waals surface area contributed by atoms with Crippen molar-refractivity contribution >= 4 is 73.5 Å². The number of benzene rings is 2. The molecule has 0 saturated carbocycles. The van der Waals surface area contributed by atoms with Gasteiger partial charge >= 0.3 is 143 Å². The molecule has 0 aliphatic rings. The van der Waals surface area contributed by atoms with Crippen LogP contribution >= 0.6 is 0 Å². The van der Waals surface area contributed by atoms with Crippen LogP contribution in [-0.4, -0.2) is 51.7 Å². The fraction of sp³-hybridized carbons (Fsp3) is 0.118. The average molecular weight is 469 g/mol. The molecule has 0 saturated heterocycles. The molecular formula is C17H12OSe3. The van der Waals surface area contributed by atoms with Gasteiger partial charge in [-0.15, -0.1) is 0 Å². The fourth-order valence-corrected chi connectivity index (χ4v) is 9.91. The fourth-order valence-electron chi connectivity index (χ4n) is 2.65. The molecule has 4 rings (SSSR count). The van der Waals surface area contributed by atoms with E-state index in [0.29, 0.717) is 29.0 Å². The molecule has 0 spiro atoms. The molecule has 2 heterocycles. The predicted octanol–water partition coefficient (Wildman–Crippen LogP) is 3.28. The molecule has 0 bridgehead atoms. The summed E-state index contributed by atoms with van der Waals surface area (Å²) >= 11 is 4.10. The van der Waals surface area contributed by atoms with Crippen molar-refractivity contribution in [2.75, 3.05) is 7.11 Å². The van der Waals surface area contributed by atoms with Crippen molar-refractivity contribution in [3.05, 3.63) is 44.9 Å². The average Bonchev–Trinajstić information content (AvgIpc) is 2.85. The molecule has 2 aromatic carbocycles. The summed E-state index contributed by atoms with van der Waals surface area (Å²) in [5.74, 6) is 0.964. The van der Waals surface area contributed by atoms with E-state index in [1.807, 2.05) is 0 Å². The first-order valence-corrected chi connectivity index (χ1v) is 10.9. The number of aryl methyl sites for hydroxylation is 1. The van der Waals surface area contributed by atoms with Crippen molar-refractivity contribution in [3.63, 3.8) is 0 Å². The number of methoxy groups -OCH3 is 1. The summed E-state index contributed by atoms with van der Waals surface area (Å²) in [6, 6.07) is 13.4. The molecule has 0 N–H and O–H groups in total. The van der Waals surface area contributed by atoms with E-state index >= 15 is 0 Å². The molecule has 0 fully saturated rings. The first-order chi connectivity index (χ1) is 10.2. The Morgan fingerprint density at radius 2 is 1.71 bits per heavy atom. The Bertz CT molecular complexity index is 1060. The molecule has 0 atom stereocenters. The maximum absolute atomic E-state index is 5.38. The Kier molecular flexibility index (Phi) is 3.50. The predicted molar refractivity (Wildman–Crippen MR) is 93.1 cm³/mol. The molecule has 0 aliphatic carbocycles. The molecule has 0 radical (unpaired) electrons. The number of hydrogen-bond donors (Lipinski definition) is 0. The van der Waals surface area contributed by atoms with E-state index in [2.05, 4.69) is 58.9 Å². The van der Waals surface area contributed by atoms with E-state index in [0.717, 1.165) is 5.75 Å². The van der Waals surface area contributed by atoms with E-state index in [-0.39, 0.29) is 0 Å². The van der Waals surface area contributed by atoms with Crippen LogP contribution in [0.25, 0.3) is 28.9 Å². The molecule has 0 aliphatic heterocycles. The second-order valence-electron chi connectivity index (χ2n) is 5.06. The topological polar surface area (TPSA) is 9.23 Å². The SMILES string of the molecule is COc1ccc2c(c1)[se]c(=[Se])c1c3ccc(C)cc3[se]c21. The van der Waals surface area contributed by atoms with Crippen molar-refractivity contribution in [2.45, 2.75) is 6.92 Å². The summed E-state index contributed by atoms with van der Waals surface area (Å²) in [6.07, 6.45) is 0. The second kappa shape index (κ2) is 5.25. The molecule has 0 unspecified atom stereocenters. The zero-order chi connectivity index (χ0) is 14.6. The van der Waals surface area contributed by atoms with Crippen molar-refractivity contribution in [1.82, 2.24) is 0 Å². The van der Waals surface area contributed by atoms with Gasteiger partial charge in [-0.05, 0) is 0 Å². The van der Waals surface area contributed by atoms with Crippen LogP contribution in [-0.2, 0) is 0 Å². The Hall–Kier alpha value is -0.592. The molecule has 0 amide bonds. The van der Waals surface area contributed by atoms with Crippen LogP contribution in [0.5, 0.6) is 5.75 Å². The Morgan fingerprint density at radius 3 is 2.52 bits per heavy atom. The van der Waals surface area contributed by atoms with Gasteiger partial charge in [0.05, 0.1) is 0 Å². The van der Waals surface area contributed by atoms with E-state index in [1.54, 1.807) is 11.4 Å². The van der Waals surface area contributed by atoms with Crippen LogP contribution < -0.4 is 4.74 Å². The maximum atomic E-state index is 5.38. The first kappa shape index (κ1) is 14.0. The third-order valence-electron chi connectivity index (χ3n) is 3.69. The molecule has 104 valence electrons. The molecule has 4 heteroatoms. The molecule has 4 aromatic rings. The van der Waals surface area contributed by atoms with Gasteiger partial charge in [-0.3, -0.25) is 0 Å². The zero-order valence-corrected chi connectivity index (χ0v) is 16.7. The molecule has 2 aromatic heterocycles. The molecule has 1 nitrogen and oxygen atoms in total. The minimum atomic E-state index is 0.352. The quantitative estimate of drug-likeness (QED) is 0.389. The van der Waals surface area contributed by atoms with Gasteiger partial charge in [0.15, 0.2) is 0 Å². The zero-order valence-electron chi connectivity index (χ0n) is 11.6. The summed E-state index contributed by atoms with van der Waals surface area (Å²) in [7, 11) is 1.74. The second-order valence-corrected chi connectivity index (χ2v) is 11.6. The van der Waals surface area contributed by atoms with Crippen LogP contribution in [0.1, 0.15) is 5.56 Å². The van der Waals surface area contributed by atoms with Crippen molar-refractivity contribution in [3.8, 4) is 5.75 Å². The summed E-state index contributed by atoms with van der Waals surface area (Å²) in [5, 5.41) is 4.38. The van der Waals surface area contributed by atoms with E-state index in [1.165, 1.54) is 33.2 Å². The van der Waals surface area contributed by atoms with Gasteiger partial charge in [0, 0.05) is 0 Å². The summed E-state index contributed by atoms with van der Waals surface area (Å²) in [5.41, 5.74) is 1.36. The van der Waals surface area contributed by atoms with Gasteiger partial charge in [-0.25, -0.2) is 0 Å². The molecule has 21 heavy (non-hydrogen) atoms. The third kappa shape index (κ3) is 2.23. The molecular weight excluding hydrogens is 457 g/mol. The monoisotopic (exact) mass is 472 g/mol. The van der Waals surface area contributed by atoms with Gasteiger partial charge in [0.1, 0.15) is 0 Å². The third-order valence-corrected chi connectivity index (χ3v) is 9.50. The van der Waals surface area contributed by atoms with Gasteiger partial charge in [-0.2, -0.15) is 0 Å². The summed E-state index contributed by atoms with van der Waals surface area (Å²) in [4.78, 5) is 0. The first-order valence-electron chi connectivity index (χ1n) is 6.61. The van der Waals surface area contributed by atoms with Crippen LogP contribution in [0.4, 0.5) is 0 Å². The van der Waals surface area contributed by atoms with Crippen LogP contribution in [0.2, 0.25) is 0 Å². The van der Waals surface area contributed by atoms with Gasteiger partial charge in [0.25, 0.3) is 0 Å². The van der Waals surface area contributed by atoms with Crippen molar-refractivity contribution in [1.29, 1.82) is 0 Å². The van der Waals surface area contributed by atoms with Crippen LogP contribution in [0.3, 0.4) is 0 Å². The van der Waals surface area contributed by atoms with Gasteiger partial charge in [0.2, 0.25) is 0 Å². The van der Waals surface area contributed by atoms with Gasteiger partial charge < -0.3 is 0 Å². The number of ether oxygens (including phenoxy) is 1. The number of hydrogen-bond acceptors (Lipinski definition) is 1. The standard InChI is InChI=1S/C17H12OSe3/c1-9-3-5-11-13(7-9)20-16-12-6-4-10(18-2)8-14(12)21-17(19)15(11)16/h3-8H,1-2H3. The van der Waals surface area contributed by atoms with Gasteiger partial charge in [-0.1, -0.05) is 0 Å². The number of rotatable bonds is 1. The minimum absolute atomic E-state index is 0.352. The Morgan fingerprint density at radius 1 is 0.952 bits per heavy atom. The van der Waals surface area contributed by atoms with Crippen molar-refractivity contribution in [2.24, 2.45) is 0 Å². The van der Waals surface area contributed by atoms with E-state index in [9.17, 15) is 0 Å². The van der Waals surface area contributed by atoms with E-state index in [4.69, 9.17) is 4.74 Å². The normalized spacial score (nSPS) is 11.5. The Labute approximate surface area is 142 Å². The van der Waals surface area contributed by atoms with Crippen LogP contribution in [0.15, 0.2) is 36.4 Å². The van der Waals surface area contributed by atoms with E-state index < -0.39 is 0 Å². The summed E-state index contributed by atoms with van der Waals surface area (Å²) < 4.78 is 11.3. The number of fused-ring (bicyclic) bond motifs is 5. The van der Waals surface area contributed by atoms with Crippen LogP contribution in [0, 0.1) is 9.86 Å².